The molecule has 2 aliphatic rings. The third kappa shape index (κ3) is 7.00. The molecule has 0 spiro atoms. The van der Waals surface area contributed by atoms with Crippen LogP contribution in [0.3, 0.4) is 0 Å². The highest BCUT2D eigenvalue weighted by Gasteiger charge is 2.28. The zero-order valence-corrected chi connectivity index (χ0v) is 37.7. The molecule has 69 heavy (non-hydrogen) atoms. The predicted octanol–water partition coefficient (Wildman–Crippen LogP) is 13.2. The van der Waals surface area contributed by atoms with Gasteiger partial charge in [-0.15, -0.1) is 0 Å². The van der Waals surface area contributed by atoms with Crippen molar-refractivity contribution < 1.29 is 0 Å². The second-order valence-corrected chi connectivity index (χ2v) is 17.6. The molecule has 8 nitrogen and oxygen atoms in total. The van der Waals surface area contributed by atoms with E-state index < -0.39 is 6.17 Å². The first kappa shape index (κ1) is 40.2. The van der Waals surface area contributed by atoms with E-state index in [0.29, 0.717) is 5.84 Å². The van der Waals surface area contributed by atoms with Gasteiger partial charge in [-0.2, -0.15) is 0 Å². The van der Waals surface area contributed by atoms with E-state index in [2.05, 4.69) is 208 Å². The van der Waals surface area contributed by atoms with Crippen molar-refractivity contribution in [2.75, 3.05) is 7.05 Å². The second-order valence-electron chi connectivity index (χ2n) is 17.6. The quantitative estimate of drug-likeness (QED) is 0.165. The van der Waals surface area contributed by atoms with E-state index in [1.54, 1.807) is 0 Å². The zero-order valence-electron chi connectivity index (χ0n) is 37.7. The third-order valence-corrected chi connectivity index (χ3v) is 13.4. The number of rotatable bonds is 8. The summed E-state index contributed by atoms with van der Waals surface area (Å²) in [4.78, 5) is 23.1. The van der Waals surface area contributed by atoms with Gasteiger partial charge in [-0.1, -0.05) is 182 Å². The van der Waals surface area contributed by atoms with Crippen molar-refractivity contribution in [2.24, 2.45) is 20.0 Å². The van der Waals surface area contributed by atoms with Gasteiger partial charge in [0, 0.05) is 62.2 Å². The maximum atomic E-state index is 5.34. The number of benzene rings is 9. The number of hydrogen-bond donors (Lipinski definition) is 1. The third-order valence-electron chi connectivity index (χ3n) is 13.4. The van der Waals surface area contributed by atoms with Crippen LogP contribution in [0.2, 0.25) is 0 Å². The molecule has 2 atom stereocenters. The van der Waals surface area contributed by atoms with Crippen molar-refractivity contribution in [1.82, 2.24) is 19.4 Å². The molecule has 0 radical (unpaired) electrons. The van der Waals surface area contributed by atoms with E-state index in [1.165, 1.54) is 21.5 Å². The van der Waals surface area contributed by atoms with Crippen molar-refractivity contribution in [3.8, 4) is 11.4 Å². The Kier molecular flexibility index (Phi) is 9.68. The summed E-state index contributed by atoms with van der Waals surface area (Å²) < 4.78 is 4.79. The Hall–Kier alpha value is -9.14. The van der Waals surface area contributed by atoms with Gasteiger partial charge in [-0.3, -0.25) is 0 Å². The highest BCUT2D eigenvalue weighted by atomic mass is 15.3. The summed E-state index contributed by atoms with van der Waals surface area (Å²) >= 11 is 0. The molecule has 0 bridgehead atoms. The summed E-state index contributed by atoms with van der Waals surface area (Å²) in [6, 6.07) is 81.0. The predicted molar refractivity (Wildman–Crippen MR) is 283 cm³/mol. The standard InChI is InChI=1S/C61H44N8/c1-67-60(42-24-10-4-11-25-42)65-59(66-61(67)43-26-12-5-13-27-43)45-29-19-31-47(37-45)69-53-35-17-15-33-49(53)51-38-50-48-32-14-16-34-52(48)68(54(50)39-55(51)69)46-30-18-28-44(36-46)58-63-56(40-20-6-2-7-21-40)62-57(64-58)41-22-8-3-9-23-41/h2-39,56,60H,1H3,(H,62,63,64). The molecule has 0 aliphatic carbocycles. The number of fused-ring (bicyclic) bond motifs is 6. The number of nitrogens with one attached hydrogen (secondary N) is 1. The molecule has 2 aliphatic heterocycles. The molecule has 2 aromatic heterocycles. The van der Waals surface area contributed by atoms with Crippen molar-refractivity contribution in [2.45, 2.75) is 12.3 Å². The number of aromatic nitrogens is 2. The Labute approximate surface area is 399 Å². The Balaban J connectivity index is 0.969. The molecule has 8 heteroatoms. The van der Waals surface area contributed by atoms with Gasteiger partial charge >= 0.3 is 0 Å². The molecule has 0 fully saturated rings. The maximum absolute atomic E-state index is 5.34. The van der Waals surface area contributed by atoms with Gasteiger partial charge in [0.25, 0.3) is 0 Å². The van der Waals surface area contributed by atoms with Gasteiger partial charge in [0.15, 0.2) is 12.0 Å². The lowest BCUT2D eigenvalue weighted by molar-refractivity contribution is 0.383. The summed E-state index contributed by atoms with van der Waals surface area (Å²) in [6.07, 6.45) is -0.636. The number of amidine groups is 4. The fourth-order valence-corrected chi connectivity index (χ4v) is 10.1. The second kappa shape index (κ2) is 16.6. The lowest BCUT2D eigenvalue weighted by Crippen LogP contribution is -2.36. The molecule has 2 unspecified atom stereocenters. The number of hydrogen-bond acceptors (Lipinski definition) is 6. The van der Waals surface area contributed by atoms with E-state index in [0.717, 1.165) is 84.3 Å². The summed E-state index contributed by atoms with van der Waals surface area (Å²) in [5.74, 6) is 3.13. The van der Waals surface area contributed by atoms with Gasteiger partial charge < -0.3 is 19.4 Å². The van der Waals surface area contributed by atoms with E-state index >= 15 is 0 Å². The minimum absolute atomic E-state index is 0.246. The lowest BCUT2D eigenvalue weighted by Gasteiger charge is -2.32. The van der Waals surface area contributed by atoms with Crippen molar-refractivity contribution in [3.63, 3.8) is 0 Å². The summed E-state index contributed by atoms with van der Waals surface area (Å²) in [6.45, 7) is 0. The van der Waals surface area contributed by atoms with Crippen LogP contribution in [-0.2, 0) is 0 Å². The van der Waals surface area contributed by atoms with Crippen LogP contribution in [-0.4, -0.2) is 44.4 Å². The summed E-state index contributed by atoms with van der Waals surface area (Å²) in [5, 5.41) is 8.37. The van der Waals surface area contributed by atoms with Crippen LogP contribution in [0.5, 0.6) is 0 Å². The van der Waals surface area contributed by atoms with E-state index in [-0.39, 0.29) is 6.17 Å². The average Bonchev–Trinajstić information content (AvgIpc) is 3.93. The van der Waals surface area contributed by atoms with Crippen LogP contribution in [0.4, 0.5) is 0 Å². The Bertz CT molecular complexity index is 3880. The Morgan fingerprint density at radius 1 is 0.377 bits per heavy atom. The topological polar surface area (TPSA) is 74.6 Å². The van der Waals surface area contributed by atoms with Gasteiger partial charge in [0.05, 0.1) is 22.1 Å². The molecule has 4 heterocycles. The molecule has 9 aromatic carbocycles. The van der Waals surface area contributed by atoms with Crippen molar-refractivity contribution in [3.05, 3.63) is 264 Å². The molecular weight excluding hydrogens is 845 g/mol. The smallest absolute Gasteiger partial charge is 0.169 e. The van der Waals surface area contributed by atoms with Crippen molar-refractivity contribution >= 4 is 67.0 Å². The first-order valence-corrected chi connectivity index (χ1v) is 23.3. The minimum Gasteiger partial charge on any atom is -0.333 e. The molecule has 11 aromatic rings. The minimum atomic E-state index is -0.391. The highest BCUT2D eigenvalue weighted by Crippen LogP contribution is 2.40. The van der Waals surface area contributed by atoms with Crippen LogP contribution in [0.1, 0.15) is 45.7 Å². The number of para-hydroxylation sites is 2. The van der Waals surface area contributed by atoms with Crippen LogP contribution in [0.15, 0.2) is 250 Å². The van der Waals surface area contributed by atoms with Crippen LogP contribution in [0, 0.1) is 0 Å². The molecule has 1 N–H and O–H groups in total. The highest BCUT2D eigenvalue weighted by molar-refractivity contribution is 6.20. The molecule has 328 valence electrons. The molecule has 13 rings (SSSR count). The zero-order chi connectivity index (χ0) is 45.8. The Morgan fingerprint density at radius 3 is 1.46 bits per heavy atom. The number of nitrogens with zero attached hydrogens (tertiary/aromatic N) is 7. The molecule has 0 amide bonds. The summed E-state index contributed by atoms with van der Waals surface area (Å²) in [7, 11) is 2.08. The van der Waals surface area contributed by atoms with E-state index in [4.69, 9.17) is 20.0 Å². The van der Waals surface area contributed by atoms with E-state index in [9.17, 15) is 0 Å². The Morgan fingerprint density at radius 2 is 0.855 bits per heavy atom. The first-order chi connectivity index (χ1) is 34.1. The van der Waals surface area contributed by atoms with Crippen LogP contribution < -0.4 is 5.32 Å². The van der Waals surface area contributed by atoms with Crippen LogP contribution in [0.25, 0.3) is 55.0 Å². The van der Waals surface area contributed by atoms with Crippen LogP contribution >= 0.6 is 0 Å². The molecule has 0 saturated heterocycles. The van der Waals surface area contributed by atoms with Gasteiger partial charge in [-0.25, -0.2) is 20.0 Å². The fraction of sp³-hybridized carbons (Fsp3) is 0.0492. The largest absolute Gasteiger partial charge is 0.333 e. The van der Waals surface area contributed by atoms with Gasteiger partial charge in [0.1, 0.15) is 23.7 Å². The average molecular weight is 889 g/mol. The summed E-state index contributed by atoms with van der Waals surface area (Å²) in [5.41, 5.74) is 12.6. The normalized spacial score (nSPS) is 16.0. The lowest BCUT2D eigenvalue weighted by atomic mass is 10.1. The maximum Gasteiger partial charge on any atom is 0.169 e. The number of aliphatic imine (C=N–C) groups is 4. The first-order valence-electron chi connectivity index (χ1n) is 23.3. The fourth-order valence-electron chi connectivity index (χ4n) is 10.1. The molecule has 0 saturated carbocycles. The van der Waals surface area contributed by atoms with E-state index in [1.807, 2.05) is 48.5 Å². The monoisotopic (exact) mass is 888 g/mol. The van der Waals surface area contributed by atoms with Gasteiger partial charge in [-0.05, 0) is 59.7 Å². The van der Waals surface area contributed by atoms with Crippen molar-refractivity contribution in [1.29, 1.82) is 0 Å². The SMILES string of the molecule is CN1C(c2ccccc2)=NC(c2cccc(-n3c4ccccc4c4cc5c6ccccc6n(-c6cccc(C7=NC(c8ccccc8)N=C(c8ccccc8)N7)c6)c5cc43)c2)=NC1c1ccccc1. The molecular formula is C61H44N8. The van der Waals surface area contributed by atoms with Gasteiger partial charge in [0.2, 0.25) is 0 Å².